The van der Waals surface area contributed by atoms with Crippen LogP contribution in [-0.2, 0) is 9.53 Å². The van der Waals surface area contributed by atoms with E-state index in [-0.39, 0.29) is 12.5 Å². The zero-order valence-corrected chi connectivity index (χ0v) is 13.9. The first-order chi connectivity index (χ1) is 11.1. The third kappa shape index (κ3) is 3.44. The van der Waals surface area contributed by atoms with Crippen molar-refractivity contribution in [1.82, 2.24) is 0 Å². The van der Waals surface area contributed by atoms with Crippen molar-refractivity contribution in [2.45, 2.75) is 6.10 Å². The fourth-order valence-electron chi connectivity index (χ4n) is 2.16. The molecule has 0 aromatic heterocycles. The van der Waals surface area contributed by atoms with Crippen molar-refractivity contribution in [1.29, 1.82) is 0 Å². The number of carbonyl (C=O) groups is 1. The van der Waals surface area contributed by atoms with Gasteiger partial charge in [0.25, 0.3) is 0 Å². The Kier molecular flexibility index (Phi) is 4.76. The maximum absolute atomic E-state index is 11.3. The van der Waals surface area contributed by atoms with Gasteiger partial charge in [0.1, 0.15) is 5.75 Å². The van der Waals surface area contributed by atoms with Crippen molar-refractivity contribution in [3.05, 3.63) is 57.0 Å². The Hall–Kier alpha value is -1.75. The maximum Gasteiger partial charge on any atom is 0.228 e. The quantitative estimate of drug-likeness (QED) is 0.709. The average molecular weight is 371 g/mol. The monoisotopic (exact) mass is 369 g/mol. The van der Waals surface area contributed by atoms with E-state index in [1.54, 1.807) is 36.4 Å². The fraction of sp³-hybridized carbons (Fsp3) is 0.125. The van der Waals surface area contributed by atoms with Gasteiger partial charge in [0.05, 0.1) is 15.7 Å². The van der Waals surface area contributed by atoms with Crippen molar-refractivity contribution in [2.24, 2.45) is 4.99 Å². The van der Waals surface area contributed by atoms with Crippen LogP contribution in [-0.4, -0.2) is 18.8 Å². The number of fused-ring (bicyclic) bond motifs is 1. The van der Waals surface area contributed by atoms with Gasteiger partial charge in [-0.2, -0.15) is 0 Å². The number of ether oxygens (including phenoxy) is 2. The maximum atomic E-state index is 11.3. The Morgan fingerprint density at radius 2 is 2.00 bits per heavy atom. The molecular weight excluding hydrogens is 361 g/mol. The van der Waals surface area contributed by atoms with E-state index >= 15 is 0 Å². The molecule has 2 aromatic rings. The first-order valence-corrected chi connectivity index (χ1v) is 7.77. The van der Waals surface area contributed by atoms with Crippen LogP contribution in [0.1, 0.15) is 11.7 Å². The molecule has 0 bridgehead atoms. The first-order valence-electron chi connectivity index (χ1n) is 6.64. The molecule has 1 atom stereocenters. The number of nitrogens with zero attached hydrogens (tertiary/aromatic N) is 1. The summed E-state index contributed by atoms with van der Waals surface area (Å²) in [4.78, 5) is 15.6. The van der Waals surface area contributed by atoms with Crippen LogP contribution in [0.2, 0.25) is 15.1 Å². The van der Waals surface area contributed by atoms with Crippen LogP contribution in [0.5, 0.6) is 5.75 Å². The average Bonchev–Trinajstić information content (AvgIpc) is 2.53. The molecule has 0 saturated carbocycles. The molecule has 0 spiro atoms. The lowest BCUT2D eigenvalue weighted by Gasteiger charge is -2.23. The van der Waals surface area contributed by atoms with Crippen LogP contribution in [0.3, 0.4) is 0 Å². The Morgan fingerprint density at radius 1 is 1.17 bits per heavy atom. The van der Waals surface area contributed by atoms with E-state index in [0.717, 1.165) is 0 Å². The van der Waals surface area contributed by atoms with E-state index in [4.69, 9.17) is 44.3 Å². The van der Waals surface area contributed by atoms with E-state index < -0.39 is 6.10 Å². The predicted octanol–water partition coefficient (Wildman–Crippen LogP) is 5.03. The van der Waals surface area contributed by atoms with Gasteiger partial charge in [0.2, 0.25) is 5.90 Å². The van der Waals surface area contributed by atoms with Gasteiger partial charge < -0.3 is 9.47 Å². The van der Waals surface area contributed by atoms with E-state index in [2.05, 4.69) is 4.99 Å². The molecule has 2 aromatic carbocycles. The second kappa shape index (κ2) is 6.79. The van der Waals surface area contributed by atoms with E-state index in [0.29, 0.717) is 38.4 Å². The van der Waals surface area contributed by atoms with Gasteiger partial charge in [-0.1, -0.05) is 40.9 Å². The second-order valence-corrected chi connectivity index (χ2v) is 5.97. The van der Waals surface area contributed by atoms with Crippen molar-refractivity contribution in [3.8, 4) is 5.75 Å². The molecule has 118 valence electrons. The summed E-state index contributed by atoms with van der Waals surface area (Å²) in [6.45, 7) is 0.0254. The van der Waals surface area contributed by atoms with Crippen LogP contribution in [0.4, 0.5) is 5.69 Å². The number of hydrogen-bond acceptors (Lipinski definition) is 4. The first kappa shape index (κ1) is 16.1. The third-order valence-corrected chi connectivity index (χ3v) is 4.05. The third-order valence-electron chi connectivity index (χ3n) is 3.19. The Morgan fingerprint density at radius 3 is 2.74 bits per heavy atom. The summed E-state index contributed by atoms with van der Waals surface area (Å²) in [5.41, 5.74) is 1.14. The highest BCUT2D eigenvalue weighted by Crippen LogP contribution is 2.37. The minimum atomic E-state index is -0.810. The van der Waals surface area contributed by atoms with Gasteiger partial charge in [-0.05, 0) is 30.3 Å². The van der Waals surface area contributed by atoms with Crippen LogP contribution >= 0.6 is 34.8 Å². The Labute approximate surface area is 147 Å². The minimum Gasteiger partial charge on any atom is -0.482 e. The molecule has 1 heterocycles. The van der Waals surface area contributed by atoms with Crippen LogP contribution < -0.4 is 4.74 Å². The van der Waals surface area contributed by atoms with Crippen molar-refractivity contribution in [3.63, 3.8) is 0 Å². The van der Waals surface area contributed by atoms with Crippen LogP contribution in [0.15, 0.2) is 41.4 Å². The standard InChI is InChI=1S/C16H10Cl3NO3/c17-9-4-5-13(11(19)6-9)22-8-15-20-12-3-1-2-10(18)16(12)14(7-21)23-15/h1-7,14H,8H2. The predicted molar refractivity (Wildman–Crippen MR) is 90.4 cm³/mol. The topological polar surface area (TPSA) is 47.9 Å². The Balaban J connectivity index is 1.82. The summed E-state index contributed by atoms with van der Waals surface area (Å²) < 4.78 is 11.1. The summed E-state index contributed by atoms with van der Waals surface area (Å²) in [5, 5.41) is 1.33. The molecule has 0 radical (unpaired) electrons. The summed E-state index contributed by atoms with van der Waals surface area (Å²) in [5.74, 6) is 0.713. The zero-order chi connectivity index (χ0) is 16.4. The van der Waals surface area contributed by atoms with Crippen molar-refractivity contribution in [2.75, 3.05) is 6.61 Å². The molecule has 1 aliphatic rings. The van der Waals surface area contributed by atoms with Crippen LogP contribution in [0.25, 0.3) is 0 Å². The van der Waals surface area contributed by atoms with Gasteiger partial charge in [0, 0.05) is 10.6 Å². The van der Waals surface area contributed by atoms with E-state index in [9.17, 15) is 4.79 Å². The molecular formula is C16H10Cl3NO3. The van der Waals surface area contributed by atoms with Crippen molar-refractivity contribution < 1.29 is 14.3 Å². The summed E-state index contributed by atoms with van der Waals surface area (Å²) in [7, 11) is 0. The number of carbonyl (C=O) groups excluding carboxylic acids is 1. The number of hydrogen-bond donors (Lipinski definition) is 0. The molecule has 1 unspecified atom stereocenters. The number of halogens is 3. The molecule has 4 nitrogen and oxygen atoms in total. The fourth-order valence-corrected chi connectivity index (χ4v) is 2.90. The van der Waals surface area contributed by atoms with Gasteiger partial charge in [-0.25, -0.2) is 4.99 Å². The summed E-state index contributed by atoms with van der Waals surface area (Å²) in [6.07, 6.45) is -0.134. The highest BCUT2D eigenvalue weighted by atomic mass is 35.5. The molecule has 0 amide bonds. The van der Waals surface area contributed by atoms with E-state index in [1.165, 1.54) is 0 Å². The van der Waals surface area contributed by atoms with Gasteiger partial charge >= 0.3 is 0 Å². The number of aldehydes is 1. The molecule has 3 rings (SSSR count). The lowest BCUT2D eigenvalue weighted by atomic mass is 10.1. The largest absolute Gasteiger partial charge is 0.482 e. The highest BCUT2D eigenvalue weighted by Gasteiger charge is 2.26. The molecule has 1 aliphatic heterocycles. The lowest BCUT2D eigenvalue weighted by Crippen LogP contribution is -2.22. The highest BCUT2D eigenvalue weighted by molar-refractivity contribution is 6.35. The molecule has 0 N–H and O–H groups in total. The smallest absolute Gasteiger partial charge is 0.228 e. The number of aliphatic imine (C=N–C) groups is 1. The zero-order valence-electron chi connectivity index (χ0n) is 11.6. The number of benzene rings is 2. The van der Waals surface area contributed by atoms with Crippen molar-refractivity contribution >= 4 is 52.7 Å². The SMILES string of the molecule is O=CC1OC(COc2ccc(Cl)cc2Cl)=Nc2cccc(Cl)c21. The Bertz CT molecular complexity index is 792. The minimum absolute atomic E-state index is 0.0254. The van der Waals surface area contributed by atoms with Gasteiger partial charge in [-0.15, -0.1) is 0 Å². The molecule has 23 heavy (non-hydrogen) atoms. The lowest BCUT2D eigenvalue weighted by molar-refractivity contribution is -0.114. The molecule has 0 aliphatic carbocycles. The summed E-state index contributed by atoms with van der Waals surface area (Å²) >= 11 is 18.0. The molecule has 0 fully saturated rings. The van der Waals surface area contributed by atoms with Gasteiger partial charge in [0.15, 0.2) is 19.0 Å². The number of rotatable bonds is 4. The normalized spacial score (nSPS) is 16.1. The van der Waals surface area contributed by atoms with Crippen LogP contribution in [0, 0.1) is 0 Å². The van der Waals surface area contributed by atoms with E-state index in [1.807, 2.05) is 0 Å². The molecule has 7 heteroatoms. The van der Waals surface area contributed by atoms with Gasteiger partial charge in [-0.3, -0.25) is 4.79 Å². The summed E-state index contributed by atoms with van der Waals surface area (Å²) in [6, 6.07) is 10.1. The second-order valence-electron chi connectivity index (χ2n) is 4.72. The molecule has 0 saturated heterocycles.